The molecule has 3 aromatic rings. The molecule has 1 aromatic carbocycles. The third-order valence-corrected chi connectivity index (χ3v) is 4.60. The van der Waals surface area contributed by atoms with Crippen molar-refractivity contribution in [2.45, 2.75) is 33.9 Å². The molecule has 1 unspecified atom stereocenters. The summed E-state index contributed by atoms with van der Waals surface area (Å²) in [5.74, 6) is 0.460. The van der Waals surface area contributed by atoms with Crippen molar-refractivity contribution in [1.29, 1.82) is 0 Å². The third kappa shape index (κ3) is 3.83. The Bertz CT molecular complexity index is 936. The van der Waals surface area contributed by atoms with Crippen LogP contribution in [0.2, 0.25) is 0 Å². The van der Waals surface area contributed by atoms with Crippen molar-refractivity contribution >= 4 is 11.9 Å². The lowest BCUT2D eigenvalue weighted by molar-refractivity contribution is 0.0702. The first-order chi connectivity index (χ1) is 13.4. The molecule has 9 heteroatoms. The standard InChI is InChI=1S/C19H24N8O/c1-6-26(15(4)25(5)19-22-13(2)11-14(3)23-19)18(28)16-9-7-8-10-17(16)27-21-12-20-24-27/h7-12,15H,6H2,1-5H3. The van der Waals surface area contributed by atoms with Crippen LogP contribution in [-0.2, 0) is 0 Å². The lowest BCUT2D eigenvalue weighted by Gasteiger charge is -2.35. The van der Waals surface area contributed by atoms with Crippen LogP contribution in [0.4, 0.5) is 5.95 Å². The highest BCUT2D eigenvalue weighted by atomic mass is 16.2. The van der Waals surface area contributed by atoms with Crippen LogP contribution in [-0.4, -0.2) is 60.7 Å². The minimum atomic E-state index is -0.254. The monoisotopic (exact) mass is 380 g/mol. The Labute approximate surface area is 164 Å². The van der Waals surface area contributed by atoms with Gasteiger partial charge in [0.25, 0.3) is 5.91 Å². The van der Waals surface area contributed by atoms with Gasteiger partial charge < -0.3 is 9.80 Å². The summed E-state index contributed by atoms with van der Waals surface area (Å²) in [6, 6.07) is 9.15. The maximum absolute atomic E-state index is 13.4. The molecule has 0 aliphatic rings. The van der Waals surface area contributed by atoms with Gasteiger partial charge in [0, 0.05) is 25.0 Å². The zero-order valence-electron chi connectivity index (χ0n) is 16.7. The molecule has 3 rings (SSSR count). The molecule has 146 valence electrons. The number of hydrogen-bond donors (Lipinski definition) is 0. The van der Waals surface area contributed by atoms with Crippen LogP contribution in [0.5, 0.6) is 0 Å². The van der Waals surface area contributed by atoms with Gasteiger partial charge in [-0.05, 0) is 51.1 Å². The summed E-state index contributed by atoms with van der Waals surface area (Å²) in [6.07, 6.45) is 1.09. The van der Waals surface area contributed by atoms with E-state index in [1.54, 1.807) is 17.0 Å². The fraction of sp³-hybridized carbons (Fsp3) is 0.368. The predicted octanol–water partition coefficient (Wildman–Crippen LogP) is 2.01. The number of anilines is 1. The van der Waals surface area contributed by atoms with E-state index in [2.05, 4.69) is 25.4 Å². The molecule has 2 heterocycles. The van der Waals surface area contributed by atoms with Crippen LogP contribution in [0.1, 0.15) is 35.6 Å². The van der Waals surface area contributed by atoms with Crippen LogP contribution >= 0.6 is 0 Å². The molecule has 1 atom stereocenters. The molecule has 0 N–H and O–H groups in total. The molecular weight excluding hydrogens is 356 g/mol. The Kier molecular flexibility index (Phi) is 5.62. The average Bonchev–Trinajstić information content (AvgIpc) is 3.21. The van der Waals surface area contributed by atoms with Crippen LogP contribution in [0.15, 0.2) is 36.7 Å². The maximum Gasteiger partial charge on any atom is 0.257 e. The highest BCUT2D eigenvalue weighted by molar-refractivity contribution is 5.98. The number of para-hydroxylation sites is 1. The lowest BCUT2D eigenvalue weighted by Crippen LogP contribution is -2.48. The van der Waals surface area contributed by atoms with Gasteiger partial charge in [-0.1, -0.05) is 12.1 Å². The Morgan fingerprint density at radius 1 is 1.18 bits per heavy atom. The van der Waals surface area contributed by atoms with Crippen molar-refractivity contribution in [3.8, 4) is 5.69 Å². The van der Waals surface area contributed by atoms with E-state index in [1.165, 1.54) is 11.1 Å². The van der Waals surface area contributed by atoms with E-state index in [0.29, 0.717) is 23.7 Å². The highest BCUT2D eigenvalue weighted by Crippen LogP contribution is 2.19. The minimum Gasteiger partial charge on any atom is -0.324 e. The topological polar surface area (TPSA) is 92.9 Å². The summed E-state index contributed by atoms with van der Waals surface area (Å²) < 4.78 is 0. The van der Waals surface area contributed by atoms with E-state index in [1.807, 2.05) is 57.8 Å². The predicted molar refractivity (Wildman–Crippen MR) is 105 cm³/mol. The molecule has 1 amide bonds. The molecule has 0 radical (unpaired) electrons. The number of tetrazole rings is 1. The van der Waals surface area contributed by atoms with E-state index in [0.717, 1.165) is 11.4 Å². The fourth-order valence-corrected chi connectivity index (χ4v) is 3.08. The van der Waals surface area contributed by atoms with E-state index >= 15 is 0 Å². The average molecular weight is 380 g/mol. The van der Waals surface area contributed by atoms with Crippen molar-refractivity contribution in [2.24, 2.45) is 0 Å². The largest absolute Gasteiger partial charge is 0.324 e. The number of carbonyl (C=O) groups is 1. The summed E-state index contributed by atoms with van der Waals surface area (Å²) in [4.78, 5) is 27.4. The lowest BCUT2D eigenvalue weighted by atomic mass is 10.1. The van der Waals surface area contributed by atoms with Gasteiger partial charge in [-0.3, -0.25) is 4.79 Å². The van der Waals surface area contributed by atoms with Gasteiger partial charge in [-0.25, -0.2) is 9.97 Å². The molecule has 9 nitrogen and oxygen atoms in total. The first kappa shape index (κ1) is 19.4. The Hall–Kier alpha value is -3.36. The number of aromatic nitrogens is 6. The summed E-state index contributed by atoms with van der Waals surface area (Å²) in [6.45, 7) is 8.29. The number of rotatable bonds is 6. The first-order valence-corrected chi connectivity index (χ1v) is 9.10. The van der Waals surface area contributed by atoms with Crippen molar-refractivity contribution in [1.82, 2.24) is 35.1 Å². The minimum absolute atomic E-state index is 0.126. The third-order valence-electron chi connectivity index (χ3n) is 4.60. The van der Waals surface area contributed by atoms with Crippen molar-refractivity contribution < 1.29 is 4.79 Å². The van der Waals surface area contributed by atoms with Crippen LogP contribution in [0.3, 0.4) is 0 Å². The molecule has 0 fully saturated rings. The van der Waals surface area contributed by atoms with Gasteiger partial charge in [0.2, 0.25) is 5.95 Å². The van der Waals surface area contributed by atoms with Gasteiger partial charge in [-0.2, -0.15) is 0 Å². The fourth-order valence-electron chi connectivity index (χ4n) is 3.08. The smallest absolute Gasteiger partial charge is 0.257 e. The number of benzene rings is 1. The summed E-state index contributed by atoms with van der Waals surface area (Å²) in [5.41, 5.74) is 2.86. The van der Waals surface area contributed by atoms with Gasteiger partial charge >= 0.3 is 0 Å². The van der Waals surface area contributed by atoms with Crippen molar-refractivity contribution in [3.63, 3.8) is 0 Å². The second-order valence-corrected chi connectivity index (χ2v) is 6.53. The second-order valence-electron chi connectivity index (χ2n) is 6.53. The summed E-state index contributed by atoms with van der Waals surface area (Å²) in [5, 5.41) is 11.7. The molecule has 0 spiro atoms. The van der Waals surface area contributed by atoms with E-state index in [4.69, 9.17) is 0 Å². The van der Waals surface area contributed by atoms with Crippen LogP contribution in [0.25, 0.3) is 5.69 Å². The highest BCUT2D eigenvalue weighted by Gasteiger charge is 2.27. The number of aryl methyl sites for hydroxylation is 2. The number of carbonyl (C=O) groups excluding carboxylic acids is 1. The first-order valence-electron chi connectivity index (χ1n) is 9.10. The molecular formula is C19H24N8O. The number of amides is 1. The van der Waals surface area contributed by atoms with Gasteiger partial charge in [-0.15, -0.1) is 15.0 Å². The van der Waals surface area contributed by atoms with E-state index < -0.39 is 0 Å². The Balaban J connectivity index is 1.92. The maximum atomic E-state index is 13.4. The van der Waals surface area contributed by atoms with Crippen molar-refractivity contribution in [3.05, 3.63) is 53.6 Å². The molecule has 0 saturated heterocycles. The normalized spacial score (nSPS) is 11.9. The number of hydrogen-bond acceptors (Lipinski definition) is 7. The molecule has 2 aromatic heterocycles. The van der Waals surface area contributed by atoms with Gasteiger partial charge in [0.15, 0.2) is 6.33 Å². The zero-order valence-corrected chi connectivity index (χ0v) is 16.7. The molecule has 0 aliphatic heterocycles. The molecule has 0 aliphatic carbocycles. The summed E-state index contributed by atoms with van der Waals surface area (Å²) >= 11 is 0. The SMILES string of the molecule is CCN(C(=O)c1ccccc1-n1ncnn1)C(C)N(C)c1nc(C)cc(C)n1. The molecule has 28 heavy (non-hydrogen) atoms. The van der Waals surface area contributed by atoms with E-state index in [-0.39, 0.29) is 12.1 Å². The van der Waals surface area contributed by atoms with Crippen molar-refractivity contribution in [2.75, 3.05) is 18.5 Å². The van der Waals surface area contributed by atoms with Gasteiger partial charge in [0.05, 0.1) is 5.56 Å². The quantitative estimate of drug-likeness (QED) is 0.604. The summed E-state index contributed by atoms with van der Waals surface area (Å²) in [7, 11) is 1.89. The van der Waals surface area contributed by atoms with Crippen LogP contribution in [0, 0.1) is 13.8 Å². The molecule has 0 bridgehead atoms. The Morgan fingerprint density at radius 2 is 1.86 bits per heavy atom. The van der Waals surface area contributed by atoms with Crippen LogP contribution < -0.4 is 4.90 Å². The Morgan fingerprint density at radius 3 is 2.46 bits per heavy atom. The van der Waals surface area contributed by atoms with E-state index in [9.17, 15) is 4.79 Å². The van der Waals surface area contributed by atoms with Gasteiger partial charge in [0.1, 0.15) is 11.9 Å². The second kappa shape index (κ2) is 8.12. The zero-order chi connectivity index (χ0) is 20.3. The number of nitrogens with zero attached hydrogens (tertiary/aromatic N) is 8. The molecule has 0 saturated carbocycles.